The fraction of sp³-hybridized carbons (Fsp3) is 0.696. The summed E-state index contributed by atoms with van der Waals surface area (Å²) >= 11 is 0. The van der Waals surface area contributed by atoms with Gasteiger partial charge in [-0.3, -0.25) is 14.4 Å². The largest absolute Gasteiger partial charge is 0.458 e. The van der Waals surface area contributed by atoms with E-state index in [9.17, 15) is 24.6 Å². The van der Waals surface area contributed by atoms with Crippen LogP contribution < -0.4 is 0 Å². The third-order valence-electron chi connectivity index (χ3n) is 8.48. The van der Waals surface area contributed by atoms with Gasteiger partial charge in [-0.15, -0.1) is 0 Å². The number of hydrogen-bond acceptors (Lipinski definition) is 6. The zero-order chi connectivity index (χ0) is 21.2. The molecule has 2 saturated carbocycles. The van der Waals surface area contributed by atoms with Crippen LogP contribution in [0, 0.1) is 28.6 Å². The highest BCUT2D eigenvalue weighted by Crippen LogP contribution is 2.66. The van der Waals surface area contributed by atoms with Gasteiger partial charge in [-0.2, -0.15) is 0 Å². The molecule has 7 atom stereocenters. The maximum Gasteiger partial charge on any atom is 0.303 e. The van der Waals surface area contributed by atoms with E-state index in [2.05, 4.69) is 13.0 Å². The predicted molar refractivity (Wildman–Crippen MR) is 105 cm³/mol. The molecule has 4 rings (SSSR count). The Labute approximate surface area is 171 Å². The highest BCUT2D eigenvalue weighted by atomic mass is 16.5. The monoisotopic (exact) mass is 402 g/mol. The number of ether oxygens (including phenoxy) is 1. The minimum atomic E-state index is -1.62. The number of ketones is 2. The van der Waals surface area contributed by atoms with Crippen molar-refractivity contribution in [2.24, 2.45) is 28.6 Å². The third kappa shape index (κ3) is 2.79. The first-order valence-corrected chi connectivity index (χ1v) is 10.5. The van der Waals surface area contributed by atoms with Gasteiger partial charge in [-0.05, 0) is 54.6 Å². The average Bonchev–Trinajstić information content (AvgIpc) is 2.91. The normalized spacial score (nSPS) is 45.7. The molecule has 0 aromatic rings. The van der Waals surface area contributed by atoms with Crippen LogP contribution in [0.5, 0.6) is 0 Å². The minimum Gasteiger partial charge on any atom is -0.458 e. The van der Waals surface area contributed by atoms with Crippen LogP contribution in [0.25, 0.3) is 0 Å². The molecule has 0 radical (unpaired) electrons. The zero-order valence-corrected chi connectivity index (χ0v) is 17.3. The molecule has 0 amide bonds. The van der Waals surface area contributed by atoms with Crippen molar-refractivity contribution >= 4 is 17.5 Å². The number of fused-ring (bicyclic) bond motifs is 5. The molecule has 0 saturated heterocycles. The number of Topliss-reactive ketones (excluding diaryl/α,β-unsaturated/α-hetero) is 1. The Morgan fingerprint density at radius 1 is 1.28 bits per heavy atom. The van der Waals surface area contributed by atoms with Crippen molar-refractivity contribution in [3.63, 3.8) is 0 Å². The summed E-state index contributed by atoms with van der Waals surface area (Å²) in [6.07, 6.45) is 7.57. The van der Waals surface area contributed by atoms with Gasteiger partial charge in [0.15, 0.2) is 12.4 Å². The van der Waals surface area contributed by atoms with E-state index in [4.69, 9.17) is 4.74 Å². The summed E-state index contributed by atoms with van der Waals surface area (Å²) in [5.74, 6) is -0.903. The first kappa shape index (κ1) is 20.5. The molecule has 2 N–H and O–H groups in total. The van der Waals surface area contributed by atoms with E-state index in [1.165, 1.54) is 6.92 Å². The molecule has 4 aliphatic rings. The number of aliphatic hydroxyl groups excluding tert-OH is 1. The Morgan fingerprint density at radius 3 is 2.69 bits per heavy atom. The summed E-state index contributed by atoms with van der Waals surface area (Å²) in [4.78, 5) is 35.9. The van der Waals surface area contributed by atoms with Crippen molar-refractivity contribution in [3.05, 3.63) is 23.8 Å². The van der Waals surface area contributed by atoms with Gasteiger partial charge in [0, 0.05) is 24.7 Å². The van der Waals surface area contributed by atoms with Gasteiger partial charge in [0.1, 0.15) is 5.60 Å². The van der Waals surface area contributed by atoms with Gasteiger partial charge >= 0.3 is 5.97 Å². The number of carbonyl (C=O) groups excluding carboxylic acids is 3. The molecule has 158 valence electrons. The Bertz CT molecular complexity index is 827. The van der Waals surface area contributed by atoms with Crippen molar-refractivity contribution in [3.8, 4) is 0 Å². The van der Waals surface area contributed by atoms with Crippen molar-refractivity contribution in [2.45, 2.75) is 64.6 Å². The first-order chi connectivity index (χ1) is 13.5. The molecular weight excluding hydrogens is 372 g/mol. The molecule has 29 heavy (non-hydrogen) atoms. The van der Waals surface area contributed by atoms with E-state index < -0.39 is 35.5 Å². The van der Waals surface area contributed by atoms with Gasteiger partial charge in [0.05, 0.1) is 6.10 Å². The lowest BCUT2D eigenvalue weighted by Crippen LogP contribution is -2.61. The lowest BCUT2D eigenvalue weighted by molar-refractivity contribution is -0.177. The van der Waals surface area contributed by atoms with Crippen molar-refractivity contribution < 1.29 is 29.3 Å². The molecule has 0 aliphatic heterocycles. The van der Waals surface area contributed by atoms with E-state index in [0.29, 0.717) is 32.1 Å². The second-order valence-corrected chi connectivity index (χ2v) is 9.84. The second-order valence-electron chi connectivity index (χ2n) is 9.84. The maximum atomic E-state index is 12.9. The molecule has 6 heteroatoms. The summed E-state index contributed by atoms with van der Waals surface area (Å²) in [6, 6.07) is 0. The number of carbonyl (C=O) groups is 3. The second kappa shape index (κ2) is 6.61. The van der Waals surface area contributed by atoms with E-state index in [-0.39, 0.29) is 29.0 Å². The Kier molecular flexibility index (Phi) is 4.67. The van der Waals surface area contributed by atoms with Crippen LogP contribution in [0.3, 0.4) is 0 Å². The topological polar surface area (TPSA) is 101 Å². The van der Waals surface area contributed by atoms with Gasteiger partial charge in [-0.1, -0.05) is 26.0 Å². The number of allylic oxidation sites excluding steroid dienone is 4. The Hall–Kier alpha value is -1.79. The fourth-order valence-electron chi connectivity index (χ4n) is 6.88. The molecule has 1 unspecified atom stereocenters. The summed E-state index contributed by atoms with van der Waals surface area (Å²) in [6.45, 7) is 4.81. The zero-order valence-electron chi connectivity index (χ0n) is 17.3. The van der Waals surface area contributed by atoms with E-state index in [0.717, 1.165) is 5.57 Å². The third-order valence-corrected chi connectivity index (χ3v) is 8.48. The minimum absolute atomic E-state index is 0.0228. The molecule has 6 nitrogen and oxygen atoms in total. The van der Waals surface area contributed by atoms with E-state index >= 15 is 0 Å². The van der Waals surface area contributed by atoms with Crippen LogP contribution in [-0.2, 0) is 19.1 Å². The van der Waals surface area contributed by atoms with Gasteiger partial charge in [0.2, 0.25) is 5.78 Å². The molecule has 2 fully saturated rings. The van der Waals surface area contributed by atoms with E-state index in [1.54, 1.807) is 6.08 Å². The number of esters is 1. The van der Waals surface area contributed by atoms with Crippen LogP contribution in [0.2, 0.25) is 0 Å². The lowest BCUT2D eigenvalue weighted by Gasteiger charge is -2.58. The number of aliphatic hydroxyl groups is 2. The summed E-state index contributed by atoms with van der Waals surface area (Å²) < 4.78 is 4.87. The van der Waals surface area contributed by atoms with Crippen molar-refractivity contribution in [1.29, 1.82) is 0 Å². The highest BCUT2D eigenvalue weighted by molar-refractivity contribution is 5.92. The first-order valence-electron chi connectivity index (χ1n) is 10.5. The van der Waals surface area contributed by atoms with Crippen LogP contribution in [0.4, 0.5) is 0 Å². The molecular formula is C23H30O6. The summed E-state index contributed by atoms with van der Waals surface area (Å²) in [5.41, 5.74) is -1.71. The van der Waals surface area contributed by atoms with Crippen LogP contribution in [0.15, 0.2) is 23.8 Å². The molecule has 0 aromatic heterocycles. The average molecular weight is 402 g/mol. The Morgan fingerprint density at radius 2 is 2.00 bits per heavy atom. The number of rotatable bonds is 3. The standard InChI is InChI=1S/C23H30O6/c1-13(24)29-12-19(27)23(28)9-7-17-16-5-4-14-10-15(25)6-8-21(14,2)20(16)18(26)11-22(17,23)3/h4-5,10,16-18,20,26,28H,6-9,11-12H2,1-3H3/t16-,17-,18?,20+,21-,22-,23-/m0/s1. The highest BCUT2D eigenvalue weighted by Gasteiger charge is 2.67. The summed E-state index contributed by atoms with van der Waals surface area (Å²) in [5, 5.41) is 22.7. The quantitative estimate of drug-likeness (QED) is 0.702. The predicted octanol–water partition coefficient (Wildman–Crippen LogP) is 2.13. The molecule has 0 aromatic carbocycles. The molecule has 0 bridgehead atoms. The van der Waals surface area contributed by atoms with E-state index in [1.807, 2.05) is 13.0 Å². The lowest BCUT2D eigenvalue weighted by atomic mass is 9.47. The van der Waals surface area contributed by atoms with Crippen LogP contribution >= 0.6 is 0 Å². The summed E-state index contributed by atoms with van der Waals surface area (Å²) in [7, 11) is 0. The van der Waals surface area contributed by atoms with Gasteiger partial charge in [0.25, 0.3) is 0 Å². The SMILES string of the molecule is CC(=O)OCC(=O)[C@@]1(O)CC[C@H]2[C@@H]3C=CC4=CC(=O)CC[C@]4(C)[C@H]3C(O)C[C@@]21C. The molecule has 0 heterocycles. The van der Waals surface area contributed by atoms with Crippen LogP contribution in [-0.4, -0.2) is 46.1 Å². The van der Waals surface area contributed by atoms with Gasteiger partial charge < -0.3 is 14.9 Å². The van der Waals surface area contributed by atoms with Crippen LogP contribution in [0.1, 0.15) is 52.9 Å². The maximum absolute atomic E-state index is 12.9. The van der Waals surface area contributed by atoms with Crippen molar-refractivity contribution in [1.82, 2.24) is 0 Å². The van der Waals surface area contributed by atoms with Gasteiger partial charge in [-0.25, -0.2) is 0 Å². The fourth-order valence-corrected chi connectivity index (χ4v) is 6.88. The van der Waals surface area contributed by atoms with Crippen molar-refractivity contribution in [2.75, 3.05) is 6.61 Å². The molecule has 0 spiro atoms. The molecule has 4 aliphatic carbocycles. The Balaban J connectivity index is 1.69. The smallest absolute Gasteiger partial charge is 0.303 e. The number of hydrogen-bond donors (Lipinski definition) is 2.